The lowest BCUT2D eigenvalue weighted by atomic mass is 10.1. The number of anilines is 1. The number of carbonyl (C=O) groups is 1. The number of pyridine rings is 1. The molecule has 0 saturated carbocycles. The highest BCUT2D eigenvalue weighted by Gasteiger charge is 2.30. The van der Waals surface area contributed by atoms with Crippen LogP contribution in [0.15, 0.2) is 30.6 Å². The topological polar surface area (TPSA) is 70.7 Å². The van der Waals surface area contributed by atoms with E-state index in [1.807, 2.05) is 5.32 Å². The Morgan fingerprint density at radius 3 is 2.08 bits per heavy atom. The molecule has 1 aromatic carbocycles. The minimum absolute atomic E-state index is 0.166. The maximum absolute atomic E-state index is 13.6. The van der Waals surface area contributed by atoms with Gasteiger partial charge >= 0.3 is 0 Å². The van der Waals surface area contributed by atoms with Crippen LogP contribution in [0.3, 0.4) is 0 Å². The molecule has 0 saturated heterocycles. The average molecular weight is 354 g/mol. The van der Waals surface area contributed by atoms with Gasteiger partial charge < -0.3 is 5.32 Å². The summed E-state index contributed by atoms with van der Waals surface area (Å²) in [6, 6.07) is 4.58. The van der Waals surface area contributed by atoms with Crippen LogP contribution in [0.4, 0.5) is 27.8 Å². The van der Waals surface area contributed by atoms with Gasteiger partial charge in [-0.05, 0) is 12.1 Å². The molecule has 0 spiro atoms. The summed E-state index contributed by atoms with van der Waals surface area (Å²) in [6.07, 6.45) is 3.01. The van der Waals surface area contributed by atoms with Gasteiger partial charge in [0.1, 0.15) is 5.56 Å². The van der Waals surface area contributed by atoms with E-state index in [1.165, 1.54) is 18.5 Å². The monoisotopic (exact) mass is 354 g/mol. The first kappa shape index (κ1) is 16.6. The van der Waals surface area contributed by atoms with Crippen molar-refractivity contribution < 1.29 is 26.7 Å². The second-order valence-electron chi connectivity index (χ2n) is 4.80. The molecule has 2 heterocycles. The summed E-state index contributed by atoms with van der Waals surface area (Å²) in [4.78, 5) is 15.7. The van der Waals surface area contributed by atoms with Gasteiger partial charge in [-0.2, -0.15) is 5.10 Å². The fourth-order valence-corrected chi connectivity index (χ4v) is 2.05. The Balaban J connectivity index is 1.91. The highest BCUT2D eigenvalue weighted by molar-refractivity contribution is 6.04. The molecular weight excluding hydrogens is 347 g/mol. The molecule has 0 unspecified atom stereocenters. The fraction of sp³-hybridized carbons (Fsp3) is 0. The number of carbonyl (C=O) groups excluding carboxylic acids is 1. The van der Waals surface area contributed by atoms with Crippen molar-refractivity contribution in [2.75, 3.05) is 5.32 Å². The zero-order valence-corrected chi connectivity index (χ0v) is 12.1. The van der Waals surface area contributed by atoms with Crippen molar-refractivity contribution >= 4 is 11.7 Å². The Morgan fingerprint density at radius 2 is 1.48 bits per heavy atom. The summed E-state index contributed by atoms with van der Waals surface area (Å²) in [6.45, 7) is 0. The molecule has 0 bridgehead atoms. The first-order chi connectivity index (χ1) is 11.9. The van der Waals surface area contributed by atoms with Gasteiger partial charge in [0.2, 0.25) is 5.82 Å². The summed E-state index contributed by atoms with van der Waals surface area (Å²) < 4.78 is 66.5. The highest BCUT2D eigenvalue weighted by atomic mass is 19.2. The van der Waals surface area contributed by atoms with Crippen LogP contribution in [0.25, 0.3) is 11.3 Å². The lowest BCUT2D eigenvalue weighted by Crippen LogP contribution is -2.19. The number of nitrogens with zero attached hydrogens (tertiary/aromatic N) is 2. The first-order valence-electron chi connectivity index (χ1n) is 6.68. The van der Waals surface area contributed by atoms with E-state index in [-0.39, 0.29) is 5.82 Å². The Labute approximate surface area is 136 Å². The minimum Gasteiger partial charge on any atom is -0.305 e. The highest BCUT2D eigenvalue weighted by Crippen LogP contribution is 2.24. The molecular formula is C15H7F5N4O. The summed E-state index contributed by atoms with van der Waals surface area (Å²) in [7, 11) is 0. The van der Waals surface area contributed by atoms with Crippen LogP contribution in [0.1, 0.15) is 10.4 Å². The maximum Gasteiger partial charge on any atom is 0.263 e. The predicted molar refractivity (Wildman–Crippen MR) is 76.0 cm³/mol. The van der Waals surface area contributed by atoms with Gasteiger partial charge in [0.25, 0.3) is 5.91 Å². The molecule has 0 aliphatic rings. The zero-order chi connectivity index (χ0) is 18.1. The Hall–Kier alpha value is -3.30. The number of aromatic nitrogens is 3. The van der Waals surface area contributed by atoms with E-state index in [1.54, 1.807) is 12.1 Å². The summed E-state index contributed by atoms with van der Waals surface area (Å²) in [5, 5.41) is 8.22. The van der Waals surface area contributed by atoms with Gasteiger partial charge in [0.05, 0.1) is 5.69 Å². The second-order valence-corrected chi connectivity index (χ2v) is 4.80. The predicted octanol–water partition coefficient (Wildman–Crippen LogP) is 3.42. The molecule has 2 aromatic heterocycles. The van der Waals surface area contributed by atoms with Crippen molar-refractivity contribution in [1.82, 2.24) is 15.2 Å². The third-order valence-corrected chi connectivity index (χ3v) is 3.25. The van der Waals surface area contributed by atoms with E-state index in [2.05, 4.69) is 15.2 Å². The van der Waals surface area contributed by atoms with Crippen molar-refractivity contribution in [2.45, 2.75) is 0 Å². The lowest BCUT2D eigenvalue weighted by molar-refractivity contribution is 0.101. The number of rotatable bonds is 3. The van der Waals surface area contributed by atoms with Crippen LogP contribution in [-0.4, -0.2) is 21.1 Å². The molecule has 2 N–H and O–H groups in total. The summed E-state index contributed by atoms with van der Waals surface area (Å²) in [5.74, 6) is -12.9. The quantitative estimate of drug-likeness (QED) is 0.430. The van der Waals surface area contributed by atoms with Gasteiger partial charge in [-0.1, -0.05) is 0 Å². The van der Waals surface area contributed by atoms with Gasteiger partial charge in [0, 0.05) is 24.0 Å². The molecule has 0 aliphatic carbocycles. The average Bonchev–Trinajstić information content (AvgIpc) is 3.07. The fourth-order valence-electron chi connectivity index (χ4n) is 2.05. The zero-order valence-electron chi connectivity index (χ0n) is 12.1. The van der Waals surface area contributed by atoms with Gasteiger partial charge in [-0.3, -0.25) is 14.9 Å². The van der Waals surface area contributed by atoms with E-state index in [0.29, 0.717) is 11.3 Å². The van der Waals surface area contributed by atoms with Crippen LogP contribution >= 0.6 is 0 Å². The molecule has 0 atom stereocenters. The summed E-state index contributed by atoms with van der Waals surface area (Å²) in [5.41, 5.74) is -0.501. The normalized spacial score (nSPS) is 10.8. The van der Waals surface area contributed by atoms with Crippen LogP contribution < -0.4 is 5.32 Å². The number of nitrogens with one attached hydrogen (secondary N) is 2. The maximum atomic E-state index is 13.6. The molecule has 3 aromatic rings. The number of hydrogen-bond acceptors (Lipinski definition) is 3. The largest absolute Gasteiger partial charge is 0.305 e. The van der Waals surface area contributed by atoms with Crippen LogP contribution in [0.5, 0.6) is 0 Å². The Bertz CT molecular complexity index is 929. The number of aromatic amines is 1. The van der Waals surface area contributed by atoms with E-state index in [4.69, 9.17) is 0 Å². The molecule has 128 valence electrons. The van der Waals surface area contributed by atoms with Crippen molar-refractivity contribution in [2.24, 2.45) is 0 Å². The second kappa shape index (κ2) is 6.30. The molecule has 3 rings (SSSR count). The van der Waals surface area contributed by atoms with Gasteiger partial charge in [-0.25, -0.2) is 22.0 Å². The molecule has 0 fully saturated rings. The SMILES string of the molecule is O=C(Nc1cc(-c2ccncc2)[nH]n1)c1c(F)c(F)c(F)c(F)c1F. The standard InChI is InChI=1S/C15H7F5N4O/c16-10-9(11(17)13(19)14(20)12(10)18)15(25)22-8-5-7(23-24-8)6-1-3-21-4-2-6/h1-5H,(H2,22,23,24,25). The van der Waals surface area contributed by atoms with Crippen LogP contribution in [-0.2, 0) is 0 Å². The minimum atomic E-state index is -2.34. The van der Waals surface area contributed by atoms with Crippen molar-refractivity contribution in [3.63, 3.8) is 0 Å². The number of amides is 1. The lowest BCUT2D eigenvalue weighted by Gasteiger charge is -2.07. The van der Waals surface area contributed by atoms with Crippen molar-refractivity contribution in [3.8, 4) is 11.3 Å². The molecule has 10 heteroatoms. The third-order valence-electron chi connectivity index (χ3n) is 3.25. The third kappa shape index (κ3) is 2.93. The van der Waals surface area contributed by atoms with Crippen LogP contribution in [0, 0.1) is 29.1 Å². The Kier molecular flexibility index (Phi) is 4.17. The van der Waals surface area contributed by atoms with Gasteiger partial charge in [0.15, 0.2) is 29.1 Å². The molecule has 5 nitrogen and oxygen atoms in total. The van der Waals surface area contributed by atoms with E-state index in [0.717, 1.165) is 0 Å². The van der Waals surface area contributed by atoms with Gasteiger partial charge in [-0.15, -0.1) is 0 Å². The van der Waals surface area contributed by atoms with E-state index in [9.17, 15) is 26.7 Å². The van der Waals surface area contributed by atoms with E-state index < -0.39 is 40.6 Å². The Morgan fingerprint density at radius 1 is 0.920 bits per heavy atom. The smallest absolute Gasteiger partial charge is 0.263 e. The molecule has 1 amide bonds. The van der Waals surface area contributed by atoms with Crippen LogP contribution in [0.2, 0.25) is 0 Å². The molecule has 0 aliphatic heterocycles. The first-order valence-corrected chi connectivity index (χ1v) is 6.68. The summed E-state index contributed by atoms with van der Waals surface area (Å²) >= 11 is 0. The number of hydrogen-bond donors (Lipinski definition) is 2. The van der Waals surface area contributed by atoms with Crippen molar-refractivity contribution in [1.29, 1.82) is 0 Å². The number of benzene rings is 1. The molecule has 0 radical (unpaired) electrons. The molecule has 25 heavy (non-hydrogen) atoms. The van der Waals surface area contributed by atoms with E-state index >= 15 is 0 Å². The van der Waals surface area contributed by atoms with Crippen molar-refractivity contribution in [3.05, 3.63) is 65.2 Å². The number of H-pyrrole nitrogens is 1. The number of halogens is 5.